The summed E-state index contributed by atoms with van der Waals surface area (Å²) in [6.07, 6.45) is 1.72. The first kappa shape index (κ1) is 15.6. The van der Waals surface area contributed by atoms with Gasteiger partial charge in [0.1, 0.15) is 0 Å². The number of aromatic nitrogens is 3. The third-order valence-electron chi connectivity index (χ3n) is 3.52. The minimum absolute atomic E-state index is 0.0160. The van der Waals surface area contributed by atoms with Gasteiger partial charge >= 0.3 is 0 Å². The van der Waals surface area contributed by atoms with E-state index in [0.717, 1.165) is 0 Å². The van der Waals surface area contributed by atoms with Crippen LogP contribution in [0.4, 0.5) is 0 Å². The van der Waals surface area contributed by atoms with Crippen molar-refractivity contribution in [1.29, 1.82) is 0 Å². The Labute approximate surface area is 137 Å². The molecule has 3 rings (SSSR count). The van der Waals surface area contributed by atoms with E-state index in [1.807, 2.05) is 32.0 Å². The summed E-state index contributed by atoms with van der Waals surface area (Å²) in [6.45, 7) is 3.88. The third-order valence-corrected chi connectivity index (χ3v) is 4.48. The van der Waals surface area contributed by atoms with Crippen molar-refractivity contribution in [2.24, 2.45) is 0 Å². The molecule has 1 N–H and O–H groups in total. The zero-order valence-electron chi connectivity index (χ0n) is 12.9. The number of rotatable bonds is 5. The van der Waals surface area contributed by atoms with Gasteiger partial charge in [-0.2, -0.15) is 0 Å². The molecule has 0 saturated carbocycles. The van der Waals surface area contributed by atoms with Gasteiger partial charge in [0.2, 0.25) is 0 Å². The van der Waals surface area contributed by atoms with Gasteiger partial charge < -0.3 is 4.98 Å². The van der Waals surface area contributed by atoms with E-state index in [1.54, 1.807) is 29.0 Å². The number of Topliss-reactive ketones (excluding diaryl/α,β-unsaturated/α-hetero) is 1. The second kappa shape index (κ2) is 6.42. The Bertz CT molecular complexity index is 898. The molecular formula is C17H17N3O2S. The van der Waals surface area contributed by atoms with Crippen LogP contribution in [-0.2, 0) is 0 Å². The Kier molecular flexibility index (Phi) is 4.34. The molecule has 0 saturated heterocycles. The van der Waals surface area contributed by atoms with Crippen molar-refractivity contribution in [3.8, 4) is 0 Å². The van der Waals surface area contributed by atoms with Crippen molar-refractivity contribution in [3.05, 3.63) is 58.6 Å². The highest BCUT2D eigenvalue weighted by Crippen LogP contribution is 2.21. The number of nitrogens with one attached hydrogen (secondary N) is 1. The van der Waals surface area contributed by atoms with Crippen LogP contribution in [0.25, 0.3) is 10.9 Å². The van der Waals surface area contributed by atoms with Gasteiger partial charge in [0.15, 0.2) is 10.9 Å². The molecule has 3 aromatic rings. The Hall–Kier alpha value is -2.34. The van der Waals surface area contributed by atoms with Gasteiger partial charge in [-0.3, -0.25) is 14.2 Å². The molecular weight excluding hydrogens is 310 g/mol. The van der Waals surface area contributed by atoms with Crippen LogP contribution < -0.4 is 5.56 Å². The zero-order chi connectivity index (χ0) is 16.4. The number of carbonyl (C=O) groups excluding carboxylic acids is 1. The molecule has 0 radical (unpaired) electrons. The van der Waals surface area contributed by atoms with Crippen LogP contribution in [0.3, 0.4) is 0 Å². The molecule has 0 atom stereocenters. The fourth-order valence-electron chi connectivity index (χ4n) is 2.39. The average molecular weight is 327 g/mol. The van der Waals surface area contributed by atoms with Crippen molar-refractivity contribution in [2.75, 3.05) is 5.75 Å². The summed E-state index contributed by atoms with van der Waals surface area (Å²) in [6, 6.07) is 10.8. The van der Waals surface area contributed by atoms with Gasteiger partial charge in [0.25, 0.3) is 5.56 Å². The van der Waals surface area contributed by atoms with Gasteiger partial charge in [0, 0.05) is 12.2 Å². The summed E-state index contributed by atoms with van der Waals surface area (Å²) >= 11 is 1.29. The maximum absolute atomic E-state index is 12.7. The predicted molar refractivity (Wildman–Crippen MR) is 92.2 cm³/mol. The number of nitrogens with zero attached hydrogens (tertiary/aromatic N) is 2. The van der Waals surface area contributed by atoms with Crippen molar-refractivity contribution in [2.45, 2.75) is 25.0 Å². The number of carbonyl (C=O) groups is 1. The smallest absolute Gasteiger partial charge is 0.262 e. The maximum Gasteiger partial charge on any atom is 0.262 e. The summed E-state index contributed by atoms with van der Waals surface area (Å²) < 4.78 is 1.65. The monoisotopic (exact) mass is 327 g/mol. The fraction of sp³-hybridized carbons (Fsp3) is 0.235. The first-order chi connectivity index (χ1) is 11.1. The molecule has 2 aromatic heterocycles. The second-order valence-electron chi connectivity index (χ2n) is 5.48. The van der Waals surface area contributed by atoms with E-state index >= 15 is 0 Å². The Morgan fingerprint density at radius 1 is 1.26 bits per heavy atom. The van der Waals surface area contributed by atoms with Crippen LogP contribution in [0.5, 0.6) is 0 Å². The Balaban J connectivity index is 1.97. The maximum atomic E-state index is 12.7. The van der Waals surface area contributed by atoms with Gasteiger partial charge in [-0.05, 0) is 38.1 Å². The van der Waals surface area contributed by atoms with Crippen LogP contribution in [0, 0.1) is 0 Å². The van der Waals surface area contributed by atoms with Crippen LogP contribution in [0.2, 0.25) is 0 Å². The standard InChI is InChI=1S/C17H17N3O2S/c1-11(2)20-16(22)12-6-3-4-7-13(12)19-17(20)23-10-15(21)14-8-5-9-18-14/h3-9,11,18H,10H2,1-2H3. The number of H-pyrrole nitrogens is 1. The minimum atomic E-state index is -0.0691. The van der Waals surface area contributed by atoms with Crippen molar-refractivity contribution in [1.82, 2.24) is 14.5 Å². The number of thioether (sulfide) groups is 1. The third kappa shape index (κ3) is 3.07. The van der Waals surface area contributed by atoms with E-state index in [0.29, 0.717) is 21.8 Å². The molecule has 0 bridgehead atoms. The molecule has 6 heteroatoms. The summed E-state index contributed by atoms with van der Waals surface area (Å²) in [5, 5.41) is 1.17. The summed E-state index contributed by atoms with van der Waals surface area (Å²) in [7, 11) is 0. The van der Waals surface area contributed by atoms with Gasteiger partial charge in [-0.25, -0.2) is 4.98 Å². The van der Waals surface area contributed by atoms with Crippen molar-refractivity contribution < 1.29 is 4.79 Å². The van der Waals surface area contributed by atoms with E-state index in [2.05, 4.69) is 9.97 Å². The largest absolute Gasteiger partial charge is 0.359 e. The highest BCUT2D eigenvalue weighted by Gasteiger charge is 2.15. The number of hydrogen-bond donors (Lipinski definition) is 1. The number of aromatic amines is 1. The predicted octanol–water partition coefficient (Wildman–Crippen LogP) is 3.28. The Morgan fingerprint density at radius 2 is 2.04 bits per heavy atom. The van der Waals surface area contributed by atoms with Gasteiger partial charge in [-0.15, -0.1) is 0 Å². The first-order valence-corrected chi connectivity index (χ1v) is 8.37. The van der Waals surface area contributed by atoms with E-state index < -0.39 is 0 Å². The molecule has 5 nitrogen and oxygen atoms in total. The lowest BCUT2D eigenvalue weighted by molar-refractivity contribution is 0.101. The van der Waals surface area contributed by atoms with E-state index in [-0.39, 0.29) is 23.1 Å². The Morgan fingerprint density at radius 3 is 2.74 bits per heavy atom. The molecule has 1 aromatic carbocycles. The molecule has 118 valence electrons. The fourth-order valence-corrected chi connectivity index (χ4v) is 3.41. The summed E-state index contributed by atoms with van der Waals surface area (Å²) in [5.41, 5.74) is 1.15. The lowest BCUT2D eigenvalue weighted by atomic mass is 10.2. The number of para-hydroxylation sites is 1. The van der Waals surface area contributed by atoms with E-state index in [9.17, 15) is 9.59 Å². The number of benzene rings is 1. The molecule has 0 amide bonds. The van der Waals surface area contributed by atoms with E-state index in [1.165, 1.54) is 11.8 Å². The van der Waals surface area contributed by atoms with Gasteiger partial charge in [-0.1, -0.05) is 23.9 Å². The molecule has 0 unspecified atom stereocenters. The number of hydrogen-bond acceptors (Lipinski definition) is 4. The van der Waals surface area contributed by atoms with Crippen LogP contribution >= 0.6 is 11.8 Å². The normalized spacial score (nSPS) is 11.3. The highest BCUT2D eigenvalue weighted by atomic mass is 32.2. The van der Waals surface area contributed by atoms with Crippen LogP contribution in [0.1, 0.15) is 30.4 Å². The lowest BCUT2D eigenvalue weighted by Crippen LogP contribution is -2.25. The SMILES string of the molecule is CC(C)n1c(SCC(=O)c2ccc[nH]2)nc2ccccc2c1=O. The second-order valence-corrected chi connectivity index (χ2v) is 6.42. The quantitative estimate of drug-likeness (QED) is 0.444. The summed E-state index contributed by atoms with van der Waals surface area (Å²) in [5.74, 6) is 0.218. The average Bonchev–Trinajstić information content (AvgIpc) is 3.07. The molecule has 23 heavy (non-hydrogen) atoms. The van der Waals surface area contributed by atoms with Crippen molar-refractivity contribution in [3.63, 3.8) is 0 Å². The minimum Gasteiger partial charge on any atom is -0.359 e. The first-order valence-electron chi connectivity index (χ1n) is 7.38. The molecule has 2 heterocycles. The zero-order valence-corrected chi connectivity index (χ0v) is 13.8. The van der Waals surface area contributed by atoms with E-state index in [4.69, 9.17) is 0 Å². The molecule has 0 spiro atoms. The van der Waals surface area contributed by atoms with Crippen molar-refractivity contribution >= 4 is 28.4 Å². The highest BCUT2D eigenvalue weighted by molar-refractivity contribution is 7.99. The lowest BCUT2D eigenvalue weighted by Gasteiger charge is -2.15. The molecule has 0 aliphatic carbocycles. The van der Waals surface area contributed by atoms with Crippen LogP contribution in [0.15, 0.2) is 52.5 Å². The van der Waals surface area contributed by atoms with Crippen LogP contribution in [-0.4, -0.2) is 26.1 Å². The van der Waals surface area contributed by atoms with Gasteiger partial charge in [0.05, 0.1) is 22.3 Å². The molecule has 0 aliphatic heterocycles. The topological polar surface area (TPSA) is 67.8 Å². The summed E-state index contributed by atoms with van der Waals surface area (Å²) in [4.78, 5) is 32.3. The molecule has 0 aliphatic rings. The number of fused-ring (bicyclic) bond motifs is 1. The molecule has 0 fully saturated rings. The number of ketones is 1.